The lowest BCUT2D eigenvalue weighted by atomic mass is 10.1. The smallest absolute Gasteiger partial charge is 0.0634 e. The molecule has 16 heavy (non-hydrogen) atoms. The molecule has 1 heterocycles. The van der Waals surface area contributed by atoms with Gasteiger partial charge >= 0.3 is 0 Å². The van der Waals surface area contributed by atoms with Gasteiger partial charge in [-0.05, 0) is 45.9 Å². The third-order valence-corrected chi connectivity index (χ3v) is 2.86. The van der Waals surface area contributed by atoms with E-state index in [1.165, 1.54) is 0 Å². The maximum Gasteiger partial charge on any atom is 0.0634 e. The van der Waals surface area contributed by atoms with Gasteiger partial charge in [-0.2, -0.15) is 0 Å². The van der Waals surface area contributed by atoms with Crippen molar-refractivity contribution in [3.05, 3.63) is 30.1 Å². The van der Waals surface area contributed by atoms with Crippen LogP contribution in [0.15, 0.2) is 24.4 Å². The van der Waals surface area contributed by atoms with Gasteiger partial charge in [-0.1, -0.05) is 6.07 Å². The lowest BCUT2D eigenvalue weighted by Gasteiger charge is -2.24. The van der Waals surface area contributed by atoms with Crippen LogP contribution in [0, 0.1) is 0 Å². The van der Waals surface area contributed by atoms with Crippen LogP contribution in [0.3, 0.4) is 0 Å². The first-order valence-corrected chi connectivity index (χ1v) is 5.74. The quantitative estimate of drug-likeness (QED) is 0.803. The Morgan fingerprint density at radius 1 is 1.44 bits per heavy atom. The highest BCUT2D eigenvalue weighted by Gasteiger charge is 2.16. The maximum absolute atomic E-state index is 5.37. The Balaban J connectivity index is 2.34. The third kappa shape index (κ3) is 4.29. The van der Waals surface area contributed by atoms with Crippen molar-refractivity contribution in [1.82, 2.24) is 10.3 Å². The Kier molecular flexibility index (Phi) is 4.90. The molecule has 1 aromatic rings. The summed E-state index contributed by atoms with van der Waals surface area (Å²) < 4.78 is 5.37. The first-order chi connectivity index (χ1) is 7.55. The molecule has 0 aliphatic carbocycles. The van der Waals surface area contributed by atoms with E-state index in [0.29, 0.717) is 0 Å². The second-order valence-corrected chi connectivity index (χ2v) is 4.64. The molecular formula is C13H22N2O. The summed E-state index contributed by atoms with van der Waals surface area (Å²) >= 11 is 0. The van der Waals surface area contributed by atoms with Gasteiger partial charge in [-0.25, -0.2) is 0 Å². The fourth-order valence-corrected chi connectivity index (χ4v) is 1.43. The molecule has 0 amide bonds. The van der Waals surface area contributed by atoms with Gasteiger partial charge < -0.3 is 10.1 Å². The van der Waals surface area contributed by atoms with Crippen LogP contribution >= 0.6 is 0 Å². The lowest BCUT2D eigenvalue weighted by Crippen LogP contribution is -2.30. The number of nitrogens with zero attached hydrogens (tertiary/aromatic N) is 1. The highest BCUT2D eigenvalue weighted by molar-refractivity contribution is 5.07. The molecule has 0 aromatic carbocycles. The molecule has 1 atom stereocenters. The number of ether oxygens (including phenoxy) is 1. The van der Waals surface area contributed by atoms with Crippen molar-refractivity contribution >= 4 is 0 Å². The normalized spacial score (nSPS) is 13.8. The fraction of sp³-hybridized carbons (Fsp3) is 0.615. The van der Waals surface area contributed by atoms with Gasteiger partial charge in [0.15, 0.2) is 0 Å². The molecule has 0 saturated heterocycles. The van der Waals surface area contributed by atoms with Gasteiger partial charge in [-0.15, -0.1) is 0 Å². The van der Waals surface area contributed by atoms with Crippen molar-refractivity contribution in [2.75, 3.05) is 13.7 Å². The van der Waals surface area contributed by atoms with Gasteiger partial charge in [0.2, 0.25) is 0 Å². The molecule has 3 nitrogen and oxygen atoms in total. The summed E-state index contributed by atoms with van der Waals surface area (Å²) in [6.45, 7) is 7.25. The zero-order valence-corrected chi connectivity index (χ0v) is 10.7. The molecule has 1 aromatic heterocycles. The molecule has 3 heteroatoms. The zero-order valence-electron chi connectivity index (χ0n) is 10.7. The molecule has 0 aliphatic heterocycles. The van der Waals surface area contributed by atoms with Gasteiger partial charge in [0.05, 0.1) is 11.3 Å². The minimum atomic E-state index is -0.0587. The fourth-order valence-electron chi connectivity index (χ4n) is 1.43. The number of aromatic nitrogens is 1. The largest absolute Gasteiger partial charge is 0.379 e. The summed E-state index contributed by atoms with van der Waals surface area (Å²) in [4.78, 5) is 4.32. The number of hydrogen-bond donors (Lipinski definition) is 1. The topological polar surface area (TPSA) is 34.1 Å². The predicted molar refractivity (Wildman–Crippen MR) is 66.4 cm³/mol. The van der Waals surface area contributed by atoms with E-state index in [9.17, 15) is 0 Å². The van der Waals surface area contributed by atoms with Crippen LogP contribution in [-0.4, -0.2) is 24.2 Å². The maximum atomic E-state index is 5.37. The Morgan fingerprint density at radius 3 is 2.75 bits per heavy atom. The average molecular weight is 222 g/mol. The van der Waals surface area contributed by atoms with Gasteiger partial charge in [0.1, 0.15) is 0 Å². The van der Waals surface area contributed by atoms with Crippen LogP contribution in [0.5, 0.6) is 0 Å². The van der Waals surface area contributed by atoms with Crippen LogP contribution < -0.4 is 5.32 Å². The minimum absolute atomic E-state index is 0.0587. The second-order valence-electron chi connectivity index (χ2n) is 4.64. The zero-order chi connectivity index (χ0) is 12.0. The van der Waals surface area contributed by atoms with Gasteiger partial charge in [0, 0.05) is 19.3 Å². The summed E-state index contributed by atoms with van der Waals surface area (Å²) in [6.07, 6.45) is 2.81. The summed E-state index contributed by atoms with van der Waals surface area (Å²) in [6, 6.07) is 6.28. The molecule has 0 fully saturated rings. The summed E-state index contributed by atoms with van der Waals surface area (Å²) in [7, 11) is 1.75. The van der Waals surface area contributed by atoms with Crippen LogP contribution in [-0.2, 0) is 4.74 Å². The van der Waals surface area contributed by atoms with Gasteiger partial charge in [0.25, 0.3) is 0 Å². The summed E-state index contributed by atoms with van der Waals surface area (Å²) in [5.41, 5.74) is 1.02. The van der Waals surface area contributed by atoms with E-state index in [0.717, 1.165) is 18.7 Å². The highest BCUT2D eigenvalue weighted by Crippen LogP contribution is 2.13. The van der Waals surface area contributed by atoms with Crippen molar-refractivity contribution in [2.45, 2.75) is 38.8 Å². The molecule has 1 rings (SSSR count). The minimum Gasteiger partial charge on any atom is -0.379 e. The van der Waals surface area contributed by atoms with Crippen molar-refractivity contribution in [1.29, 1.82) is 0 Å². The van der Waals surface area contributed by atoms with E-state index < -0.39 is 0 Å². The Labute approximate surface area is 98.2 Å². The first kappa shape index (κ1) is 13.1. The molecular weight excluding hydrogens is 200 g/mol. The van der Waals surface area contributed by atoms with Crippen molar-refractivity contribution in [3.63, 3.8) is 0 Å². The molecule has 0 saturated carbocycles. The number of methoxy groups -OCH3 is 1. The number of hydrogen-bond acceptors (Lipinski definition) is 3. The van der Waals surface area contributed by atoms with Crippen LogP contribution in [0.4, 0.5) is 0 Å². The van der Waals surface area contributed by atoms with E-state index in [1.54, 1.807) is 7.11 Å². The molecule has 0 aliphatic rings. The Morgan fingerprint density at radius 2 is 2.19 bits per heavy atom. The van der Waals surface area contributed by atoms with E-state index >= 15 is 0 Å². The van der Waals surface area contributed by atoms with Crippen molar-refractivity contribution < 1.29 is 4.74 Å². The average Bonchev–Trinajstić information content (AvgIpc) is 2.30. The van der Waals surface area contributed by atoms with E-state index in [-0.39, 0.29) is 11.6 Å². The molecule has 0 unspecified atom stereocenters. The van der Waals surface area contributed by atoms with E-state index in [1.807, 2.05) is 24.4 Å². The summed E-state index contributed by atoms with van der Waals surface area (Å²) in [5.74, 6) is 0. The molecule has 1 N–H and O–H groups in total. The number of nitrogens with one attached hydrogen (secondary N) is 1. The number of pyridine rings is 1. The molecule has 0 bridgehead atoms. The molecule has 0 radical (unpaired) electrons. The Bertz CT molecular complexity index is 298. The van der Waals surface area contributed by atoms with E-state index in [2.05, 4.69) is 31.1 Å². The molecule has 90 valence electrons. The summed E-state index contributed by atoms with van der Waals surface area (Å²) in [5, 5.41) is 3.45. The SMILES string of the molecule is COC(C)(C)CCN[C@H](C)c1ccccn1. The Hall–Kier alpha value is -0.930. The predicted octanol–water partition coefficient (Wildman–Crippen LogP) is 2.55. The van der Waals surface area contributed by atoms with Crippen molar-refractivity contribution in [3.8, 4) is 0 Å². The first-order valence-electron chi connectivity index (χ1n) is 5.74. The number of rotatable bonds is 6. The van der Waals surface area contributed by atoms with E-state index in [4.69, 9.17) is 4.74 Å². The third-order valence-electron chi connectivity index (χ3n) is 2.86. The van der Waals surface area contributed by atoms with Crippen LogP contribution in [0.25, 0.3) is 0 Å². The second kappa shape index (κ2) is 5.97. The van der Waals surface area contributed by atoms with Gasteiger partial charge in [-0.3, -0.25) is 4.98 Å². The highest BCUT2D eigenvalue weighted by atomic mass is 16.5. The van der Waals surface area contributed by atoms with Crippen LogP contribution in [0.2, 0.25) is 0 Å². The monoisotopic (exact) mass is 222 g/mol. The van der Waals surface area contributed by atoms with Crippen molar-refractivity contribution in [2.24, 2.45) is 0 Å². The molecule has 0 spiro atoms. The van der Waals surface area contributed by atoms with Crippen LogP contribution in [0.1, 0.15) is 38.9 Å². The standard InChI is InChI=1S/C13H22N2O/c1-11(12-7-5-6-9-15-12)14-10-8-13(2,3)16-4/h5-7,9,11,14H,8,10H2,1-4H3/t11-/m1/s1. The lowest BCUT2D eigenvalue weighted by molar-refractivity contribution is 0.0154.